The summed E-state index contributed by atoms with van der Waals surface area (Å²) in [7, 11) is 0. The third kappa shape index (κ3) is 8.36. The number of hydrogen-bond donors (Lipinski definition) is 2. The number of aliphatic carboxylic acids is 2. The van der Waals surface area contributed by atoms with Gasteiger partial charge < -0.3 is 19.3 Å². The van der Waals surface area contributed by atoms with Gasteiger partial charge in [0.2, 0.25) is 0 Å². The van der Waals surface area contributed by atoms with Crippen LogP contribution in [0.3, 0.4) is 0 Å². The first-order chi connectivity index (χ1) is 24.3. The van der Waals surface area contributed by atoms with Crippen LogP contribution in [0.2, 0.25) is 0 Å². The van der Waals surface area contributed by atoms with Gasteiger partial charge in [-0.05, 0) is 108 Å². The van der Waals surface area contributed by atoms with Gasteiger partial charge >= 0.3 is 18.1 Å². The van der Waals surface area contributed by atoms with Crippen LogP contribution in [0.15, 0.2) is 84.9 Å². The predicted molar refractivity (Wildman–Crippen MR) is 191 cm³/mol. The topological polar surface area (TPSA) is 84.5 Å². The van der Waals surface area contributed by atoms with Crippen LogP contribution in [0.25, 0.3) is 21.8 Å². The Bertz CT molecular complexity index is 2100. The number of alkyl halides is 3. The fourth-order valence-corrected chi connectivity index (χ4v) is 6.51. The van der Waals surface area contributed by atoms with Gasteiger partial charge in [0.1, 0.15) is 24.7 Å². The van der Waals surface area contributed by atoms with Gasteiger partial charge in [0.05, 0.1) is 5.56 Å². The molecule has 2 heterocycles. The van der Waals surface area contributed by atoms with E-state index in [-0.39, 0.29) is 30.7 Å². The Kier molecular flexibility index (Phi) is 10.6. The molecule has 6 aromatic rings. The quantitative estimate of drug-likeness (QED) is 0.154. The Hall–Kier alpha value is -5.45. The van der Waals surface area contributed by atoms with Crippen LogP contribution in [0.4, 0.5) is 22.0 Å². The van der Waals surface area contributed by atoms with E-state index in [1.807, 2.05) is 6.92 Å². The second-order valence-corrected chi connectivity index (χ2v) is 13.9. The van der Waals surface area contributed by atoms with Gasteiger partial charge in [-0.1, -0.05) is 57.2 Å². The number of fused-ring (bicyclic) bond motifs is 2. The summed E-state index contributed by atoms with van der Waals surface area (Å²) >= 11 is 0. The normalized spacial score (nSPS) is 11.9. The number of carbonyl (C=O) groups is 2. The number of hydrogen-bond acceptors (Lipinski definition) is 2. The van der Waals surface area contributed by atoms with E-state index in [0.717, 1.165) is 39.9 Å². The first kappa shape index (κ1) is 37.8. The number of rotatable bonds is 8. The molecular weight excluding hydrogens is 679 g/mol. The maximum atomic E-state index is 13.8. The van der Waals surface area contributed by atoms with Gasteiger partial charge in [-0.2, -0.15) is 13.2 Å². The van der Waals surface area contributed by atoms with E-state index < -0.39 is 29.5 Å². The number of carboxylic acid groups (broad SMARTS) is 2. The highest BCUT2D eigenvalue weighted by Gasteiger charge is 2.30. The van der Waals surface area contributed by atoms with Gasteiger partial charge in [-0.15, -0.1) is 0 Å². The van der Waals surface area contributed by atoms with Crippen LogP contribution in [0.5, 0.6) is 0 Å². The lowest BCUT2D eigenvalue weighted by molar-refractivity contribution is -0.138. The summed E-state index contributed by atoms with van der Waals surface area (Å²) < 4.78 is 68.9. The Morgan fingerprint density at radius 3 is 1.29 bits per heavy atom. The minimum Gasteiger partial charge on any atom is -0.480 e. The van der Waals surface area contributed by atoms with Crippen molar-refractivity contribution in [3.63, 3.8) is 0 Å². The summed E-state index contributed by atoms with van der Waals surface area (Å²) in [5, 5.41) is 19.7. The van der Waals surface area contributed by atoms with Gasteiger partial charge in [0.25, 0.3) is 0 Å². The van der Waals surface area contributed by atoms with Crippen LogP contribution in [-0.2, 0) is 47.1 Å². The Morgan fingerprint density at radius 2 is 0.962 bits per heavy atom. The molecule has 0 radical (unpaired) electrons. The molecule has 2 aromatic heterocycles. The van der Waals surface area contributed by atoms with Crippen LogP contribution in [0.1, 0.15) is 65.5 Å². The number of carboxylic acids is 2. The van der Waals surface area contributed by atoms with Crippen LogP contribution >= 0.6 is 0 Å². The lowest BCUT2D eigenvalue weighted by atomic mass is 9.86. The van der Waals surface area contributed by atoms with Crippen LogP contribution < -0.4 is 0 Å². The maximum Gasteiger partial charge on any atom is 0.416 e. The third-order valence-corrected chi connectivity index (χ3v) is 9.28. The standard InChI is InChI=1S/C22H24FNO2.C19H15F4NO2/c1-14-18(11-15-5-7-16(8-6-15)22(2,3)4)19-12-17(23)9-10-20(19)24(14)13-21(25)26;1-11-15(8-12-2-4-13(5-3-12)19(21,22)23)16-9-14(20)6-7-17(16)24(11)10-18(25)26/h5-10,12H,11,13H2,1-4H3,(H,25,26);2-7,9H,8,10H2,1H3,(H,25,26). The average Bonchev–Trinajstić information content (AvgIpc) is 3.44. The number of halogens is 5. The molecule has 0 aliphatic rings. The first-order valence-electron chi connectivity index (χ1n) is 16.6. The fourth-order valence-electron chi connectivity index (χ4n) is 6.51. The first-order valence-corrected chi connectivity index (χ1v) is 16.6. The van der Waals surface area contributed by atoms with E-state index in [1.54, 1.807) is 22.1 Å². The summed E-state index contributed by atoms with van der Waals surface area (Å²) in [4.78, 5) is 22.4. The molecule has 272 valence electrons. The monoisotopic (exact) mass is 718 g/mol. The molecule has 0 bridgehead atoms. The summed E-state index contributed by atoms with van der Waals surface area (Å²) in [5.74, 6) is -2.71. The zero-order valence-electron chi connectivity index (χ0n) is 29.4. The molecule has 0 aliphatic carbocycles. The van der Waals surface area contributed by atoms with E-state index in [1.165, 1.54) is 48.0 Å². The van der Waals surface area contributed by atoms with Crippen molar-refractivity contribution in [2.45, 2.75) is 72.1 Å². The maximum absolute atomic E-state index is 13.8. The van der Waals surface area contributed by atoms with E-state index in [9.17, 15) is 36.6 Å². The van der Waals surface area contributed by atoms with Crippen molar-refractivity contribution >= 4 is 33.7 Å². The molecule has 0 unspecified atom stereocenters. The number of aromatic nitrogens is 2. The van der Waals surface area contributed by atoms with Gasteiger partial charge in [0, 0.05) is 33.2 Å². The highest BCUT2D eigenvalue weighted by atomic mass is 19.4. The number of benzene rings is 4. The van der Waals surface area contributed by atoms with Crippen molar-refractivity contribution in [1.29, 1.82) is 0 Å². The predicted octanol–water partition coefficient (Wildman–Crippen LogP) is 9.84. The molecule has 6 rings (SSSR count). The van der Waals surface area contributed by atoms with Crippen molar-refractivity contribution in [3.8, 4) is 0 Å². The molecule has 6 nitrogen and oxygen atoms in total. The average molecular weight is 719 g/mol. The van der Waals surface area contributed by atoms with Crippen molar-refractivity contribution < 1.29 is 41.8 Å². The molecule has 2 N–H and O–H groups in total. The lowest BCUT2D eigenvalue weighted by Crippen LogP contribution is -2.11. The molecule has 0 spiro atoms. The smallest absolute Gasteiger partial charge is 0.416 e. The van der Waals surface area contributed by atoms with E-state index in [2.05, 4.69) is 45.0 Å². The largest absolute Gasteiger partial charge is 0.480 e. The molecule has 0 saturated heterocycles. The van der Waals surface area contributed by atoms with Crippen molar-refractivity contribution in [2.75, 3.05) is 0 Å². The minimum absolute atomic E-state index is 0.0923. The highest BCUT2D eigenvalue weighted by molar-refractivity contribution is 5.88. The fraction of sp³-hybridized carbons (Fsp3) is 0.268. The minimum atomic E-state index is -4.41. The molecule has 0 fully saturated rings. The summed E-state index contributed by atoms with van der Waals surface area (Å²) in [6, 6.07) is 21.8. The molecule has 0 aliphatic heterocycles. The Morgan fingerprint density at radius 1 is 0.596 bits per heavy atom. The number of nitrogens with zero attached hydrogens (tertiary/aromatic N) is 2. The SMILES string of the molecule is Cc1c(Cc2ccc(C(C)(C)C)cc2)c2cc(F)ccc2n1CC(=O)O.Cc1c(Cc2ccc(C(F)(F)F)cc2)c2cc(F)ccc2n1CC(=O)O. The molecule has 0 atom stereocenters. The Labute approximate surface area is 297 Å². The van der Waals surface area contributed by atoms with E-state index >= 15 is 0 Å². The van der Waals surface area contributed by atoms with E-state index in [0.29, 0.717) is 34.1 Å². The van der Waals surface area contributed by atoms with Gasteiger partial charge in [0.15, 0.2) is 0 Å². The zero-order valence-corrected chi connectivity index (χ0v) is 29.4. The summed E-state index contributed by atoms with van der Waals surface area (Å²) in [6.07, 6.45) is -3.49. The third-order valence-electron chi connectivity index (χ3n) is 9.28. The van der Waals surface area contributed by atoms with Crippen molar-refractivity contribution in [3.05, 3.63) is 141 Å². The molecule has 0 amide bonds. The molecule has 0 saturated carbocycles. The zero-order chi connectivity index (χ0) is 38.1. The second-order valence-electron chi connectivity index (χ2n) is 13.9. The molecule has 11 heteroatoms. The second kappa shape index (κ2) is 14.7. The lowest BCUT2D eigenvalue weighted by Gasteiger charge is -2.19. The molecular formula is C41H39F5N2O4. The summed E-state index contributed by atoms with van der Waals surface area (Å²) in [6.45, 7) is 9.75. The Balaban J connectivity index is 0.000000201. The van der Waals surface area contributed by atoms with Crippen molar-refractivity contribution in [1.82, 2.24) is 9.13 Å². The summed E-state index contributed by atoms with van der Waals surface area (Å²) in [5.41, 5.74) is 6.88. The highest BCUT2D eigenvalue weighted by Crippen LogP contribution is 2.33. The van der Waals surface area contributed by atoms with Crippen molar-refractivity contribution in [2.24, 2.45) is 0 Å². The van der Waals surface area contributed by atoms with E-state index in [4.69, 9.17) is 5.11 Å². The molecule has 52 heavy (non-hydrogen) atoms. The van der Waals surface area contributed by atoms with Crippen LogP contribution in [-0.4, -0.2) is 31.3 Å². The van der Waals surface area contributed by atoms with Gasteiger partial charge in [-0.25, -0.2) is 8.78 Å². The molecule has 4 aromatic carbocycles. The van der Waals surface area contributed by atoms with Crippen LogP contribution in [0, 0.1) is 25.5 Å². The van der Waals surface area contributed by atoms with Gasteiger partial charge in [-0.3, -0.25) is 9.59 Å².